The Kier molecular flexibility index (Phi) is 4.29. The summed E-state index contributed by atoms with van der Waals surface area (Å²) in [6, 6.07) is 18.8. The molecule has 22 heavy (non-hydrogen) atoms. The largest absolute Gasteiger partial charge is 0.236 e. The molecule has 0 saturated heterocycles. The van der Waals surface area contributed by atoms with Crippen LogP contribution in [0.15, 0.2) is 67.0 Å². The van der Waals surface area contributed by atoms with Crippen LogP contribution in [0, 0.1) is 0 Å². The first-order chi connectivity index (χ1) is 10.8. The average Bonchev–Trinajstić information content (AvgIpc) is 2.62. The molecule has 0 aliphatic carbocycles. The van der Waals surface area contributed by atoms with Crippen molar-refractivity contribution in [3.8, 4) is 22.5 Å². The lowest BCUT2D eigenvalue weighted by Crippen LogP contribution is -1.96. The molecule has 0 radical (unpaired) electrons. The molecule has 3 aromatic rings. The summed E-state index contributed by atoms with van der Waals surface area (Å²) in [5.41, 5.74) is 4.65. The molecule has 110 valence electrons. The third-order valence-corrected chi connectivity index (χ3v) is 4.08. The molecule has 1 aromatic heterocycles. The zero-order valence-corrected chi connectivity index (χ0v) is 13.0. The van der Waals surface area contributed by atoms with E-state index in [1.165, 1.54) is 16.7 Å². The molecule has 0 amide bonds. The van der Waals surface area contributed by atoms with Crippen molar-refractivity contribution in [2.24, 2.45) is 0 Å². The summed E-state index contributed by atoms with van der Waals surface area (Å²) >= 11 is 0. The second kappa shape index (κ2) is 6.52. The lowest BCUT2D eigenvalue weighted by Gasteiger charge is -2.09. The maximum Gasteiger partial charge on any atom is 0.159 e. The fourth-order valence-electron chi connectivity index (χ4n) is 2.45. The Bertz CT molecular complexity index is 733. The summed E-state index contributed by atoms with van der Waals surface area (Å²) in [5, 5.41) is 0. The number of hydrogen-bond donors (Lipinski definition) is 0. The van der Waals surface area contributed by atoms with Crippen molar-refractivity contribution in [3.63, 3.8) is 0 Å². The summed E-state index contributed by atoms with van der Waals surface area (Å²) in [6.07, 6.45) is 5.00. The van der Waals surface area contributed by atoms with E-state index < -0.39 is 0 Å². The third-order valence-electron chi connectivity index (χ3n) is 4.08. The number of hydrogen-bond acceptors (Lipinski definition) is 2. The fraction of sp³-hybridized carbons (Fsp3) is 0.200. The van der Waals surface area contributed by atoms with Crippen LogP contribution in [0.25, 0.3) is 22.5 Å². The molecule has 0 aliphatic heterocycles. The third kappa shape index (κ3) is 3.06. The Morgan fingerprint density at radius 2 is 1.45 bits per heavy atom. The van der Waals surface area contributed by atoms with Crippen molar-refractivity contribution in [3.05, 3.63) is 72.6 Å². The second-order valence-electron chi connectivity index (χ2n) is 5.60. The minimum atomic E-state index is 0.504. The van der Waals surface area contributed by atoms with E-state index in [0.717, 1.165) is 17.8 Å². The van der Waals surface area contributed by atoms with E-state index in [0.29, 0.717) is 5.92 Å². The van der Waals surface area contributed by atoms with Gasteiger partial charge in [-0.05, 0) is 35.1 Å². The smallest absolute Gasteiger partial charge is 0.159 e. The molecule has 2 heteroatoms. The van der Waals surface area contributed by atoms with Gasteiger partial charge in [-0.15, -0.1) is 0 Å². The fourth-order valence-corrected chi connectivity index (χ4v) is 2.45. The molecular weight excluding hydrogens is 268 g/mol. The van der Waals surface area contributed by atoms with Gasteiger partial charge in [-0.3, -0.25) is 0 Å². The molecule has 1 heterocycles. The molecule has 2 aromatic carbocycles. The van der Waals surface area contributed by atoms with Crippen LogP contribution in [0.5, 0.6) is 0 Å². The average molecular weight is 288 g/mol. The van der Waals surface area contributed by atoms with Crippen molar-refractivity contribution in [2.75, 3.05) is 0 Å². The standard InChI is InChI=1S/C20H20N2/c1-3-15(2)19-13-21-20(22-14-19)18-11-7-10-17(12-18)16-8-5-4-6-9-16/h4-15H,3H2,1-2H3. The Labute approximate surface area is 131 Å². The van der Waals surface area contributed by atoms with Gasteiger partial charge in [-0.1, -0.05) is 62.4 Å². The van der Waals surface area contributed by atoms with Crippen LogP contribution in [0.3, 0.4) is 0 Å². The maximum atomic E-state index is 4.54. The van der Waals surface area contributed by atoms with Gasteiger partial charge in [0, 0.05) is 18.0 Å². The number of nitrogens with zero attached hydrogens (tertiary/aromatic N) is 2. The van der Waals surface area contributed by atoms with Crippen LogP contribution in [0.4, 0.5) is 0 Å². The first kappa shape index (κ1) is 14.5. The van der Waals surface area contributed by atoms with E-state index >= 15 is 0 Å². The predicted octanol–water partition coefficient (Wildman–Crippen LogP) is 5.32. The lowest BCUT2D eigenvalue weighted by molar-refractivity contribution is 0.725. The van der Waals surface area contributed by atoms with Gasteiger partial charge in [0.25, 0.3) is 0 Å². The van der Waals surface area contributed by atoms with Gasteiger partial charge in [0.05, 0.1) is 0 Å². The van der Waals surface area contributed by atoms with E-state index in [1.807, 2.05) is 18.5 Å². The molecule has 1 atom stereocenters. The van der Waals surface area contributed by atoms with Crippen LogP contribution < -0.4 is 0 Å². The zero-order valence-electron chi connectivity index (χ0n) is 13.0. The van der Waals surface area contributed by atoms with Crippen LogP contribution in [0.2, 0.25) is 0 Å². The van der Waals surface area contributed by atoms with Gasteiger partial charge in [0.1, 0.15) is 0 Å². The first-order valence-corrected chi connectivity index (χ1v) is 7.75. The van der Waals surface area contributed by atoms with Gasteiger partial charge >= 0.3 is 0 Å². The minimum absolute atomic E-state index is 0.504. The number of benzene rings is 2. The van der Waals surface area contributed by atoms with Gasteiger partial charge in [-0.25, -0.2) is 9.97 Å². The molecule has 0 aliphatic rings. The monoisotopic (exact) mass is 288 g/mol. The van der Waals surface area contributed by atoms with Crippen molar-refractivity contribution < 1.29 is 0 Å². The quantitative estimate of drug-likeness (QED) is 0.649. The molecular formula is C20H20N2. The highest BCUT2D eigenvalue weighted by Gasteiger charge is 2.07. The molecule has 2 nitrogen and oxygen atoms in total. The maximum absolute atomic E-state index is 4.54. The molecule has 0 fully saturated rings. The lowest BCUT2D eigenvalue weighted by atomic mass is 10.0. The summed E-state index contributed by atoms with van der Waals surface area (Å²) in [6.45, 7) is 4.39. The highest BCUT2D eigenvalue weighted by atomic mass is 14.9. The summed E-state index contributed by atoms with van der Waals surface area (Å²) < 4.78 is 0. The normalized spacial score (nSPS) is 12.1. The molecule has 0 N–H and O–H groups in total. The van der Waals surface area contributed by atoms with Gasteiger partial charge in [0.15, 0.2) is 5.82 Å². The SMILES string of the molecule is CCC(C)c1cnc(-c2cccc(-c3ccccc3)c2)nc1. The Morgan fingerprint density at radius 1 is 0.818 bits per heavy atom. The topological polar surface area (TPSA) is 25.8 Å². The zero-order chi connectivity index (χ0) is 15.4. The van der Waals surface area contributed by atoms with Crippen LogP contribution in [-0.4, -0.2) is 9.97 Å². The summed E-state index contributed by atoms with van der Waals surface area (Å²) in [7, 11) is 0. The van der Waals surface area contributed by atoms with Crippen molar-refractivity contribution in [1.82, 2.24) is 9.97 Å². The van der Waals surface area contributed by atoms with E-state index in [4.69, 9.17) is 0 Å². The highest BCUT2D eigenvalue weighted by Crippen LogP contribution is 2.25. The van der Waals surface area contributed by atoms with E-state index in [9.17, 15) is 0 Å². The van der Waals surface area contributed by atoms with E-state index in [2.05, 4.69) is 72.3 Å². The van der Waals surface area contributed by atoms with E-state index in [-0.39, 0.29) is 0 Å². The van der Waals surface area contributed by atoms with Gasteiger partial charge in [-0.2, -0.15) is 0 Å². The van der Waals surface area contributed by atoms with E-state index in [1.54, 1.807) is 0 Å². The van der Waals surface area contributed by atoms with Crippen molar-refractivity contribution in [2.45, 2.75) is 26.2 Å². The Hall–Kier alpha value is -2.48. The van der Waals surface area contributed by atoms with Crippen LogP contribution in [0.1, 0.15) is 31.7 Å². The predicted molar refractivity (Wildman–Crippen MR) is 91.6 cm³/mol. The number of aromatic nitrogens is 2. The van der Waals surface area contributed by atoms with Crippen LogP contribution in [-0.2, 0) is 0 Å². The highest BCUT2D eigenvalue weighted by molar-refractivity contribution is 5.70. The summed E-state index contributed by atoms with van der Waals surface area (Å²) in [4.78, 5) is 9.08. The molecule has 0 spiro atoms. The molecule has 3 rings (SSSR count). The van der Waals surface area contributed by atoms with Gasteiger partial charge < -0.3 is 0 Å². The summed E-state index contributed by atoms with van der Waals surface area (Å²) in [5.74, 6) is 1.29. The van der Waals surface area contributed by atoms with Crippen LogP contribution >= 0.6 is 0 Å². The van der Waals surface area contributed by atoms with Crippen molar-refractivity contribution in [1.29, 1.82) is 0 Å². The molecule has 0 saturated carbocycles. The van der Waals surface area contributed by atoms with Gasteiger partial charge in [0.2, 0.25) is 0 Å². The Morgan fingerprint density at radius 3 is 2.14 bits per heavy atom. The minimum Gasteiger partial charge on any atom is -0.236 e. The molecule has 1 unspecified atom stereocenters. The Balaban J connectivity index is 1.92. The number of rotatable bonds is 4. The second-order valence-corrected chi connectivity index (χ2v) is 5.60. The van der Waals surface area contributed by atoms with Crippen molar-refractivity contribution >= 4 is 0 Å². The first-order valence-electron chi connectivity index (χ1n) is 7.75. The molecule has 0 bridgehead atoms.